The first-order chi connectivity index (χ1) is 16.0. The summed E-state index contributed by atoms with van der Waals surface area (Å²) in [6.07, 6.45) is -2.50. The summed E-state index contributed by atoms with van der Waals surface area (Å²) in [5.74, 6) is 0. The van der Waals surface area contributed by atoms with Crippen LogP contribution < -0.4 is 4.57 Å². The van der Waals surface area contributed by atoms with Gasteiger partial charge in [0.15, 0.2) is 6.17 Å². The zero-order valence-corrected chi connectivity index (χ0v) is 17.2. The maximum absolute atomic E-state index is 9.13. The lowest BCUT2D eigenvalue weighted by Gasteiger charge is -2.19. The summed E-state index contributed by atoms with van der Waals surface area (Å²) < 4.78 is 67.3. The molecule has 0 saturated heterocycles. The summed E-state index contributed by atoms with van der Waals surface area (Å²) in [5.41, 5.74) is 2.57. The average Bonchev–Trinajstić information content (AvgIpc) is 3.08. The number of benzene rings is 2. The molecule has 0 bridgehead atoms. The fourth-order valence-electron chi connectivity index (χ4n) is 3.67. The first kappa shape index (κ1) is 12.1. The summed E-state index contributed by atoms with van der Waals surface area (Å²) in [5, 5.41) is 1.82. The SMILES string of the molecule is [2H]c1c(C([2H])([2H])C(C)(C)C)c(C([2H])([2H])[2H])c([2H])[n+](C)c1-c1ccc2oc3ccc(C)cc3c2c1C. The van der Waals surface area contributed by atoms with Gasteiger partial charge in [-0.1, -0.05) is 32.4 Å². The molecule has 0 aliphatic carbocycles. The Bertz CT molecular complexity index is 1490. The van der Waals surface area contributed by atoms with Crippen molar-refractivity contribution in [2.45, 2.75) is 47.8 Å². The van der Waals surface area contributed by atoms with Crippen molar-refractivity contribution in [1.82, 2.24) is 0 Å². The molecule has 2 nitrogen and oxygen atoms in total. The Kier molecular flexibility index (Phi) is 2.79. The fourth-order valence-corrected chi connectivity index (χ4v) is 3.67. The summed E-state index contributed by atoms with van der Waals surface area (Å²) >= 11 is 0. The number of aromatic nitrogens is 1. The topological polar surface area (TPSA) is 17.0 Å². The molecule has 0 aliphatic rings. The van der Waals surface area contributed by atoms with E-state index in [1.54, 1.807) is 33.9 Å². The third kappa shape index (κ3) is 3.22. The van der Waals surface area contributed by atoms with Crippen LogP contribution in [-0.4, -0.2) is 0 Å². The Labute approximate surface area is 177 Å². The molecule has 2 aromatic heterocycles. The molecule has 0 aliphatic heterocycles. The molecule has 0 saturated carbocycles. The van der Waals surface area contributed by atoms with Crippen molar-refractivity contribution in [2.24, 2.45) is 12.5 Å². The number of hydrogen-bond donors (Lipinski definition) is 0. The minimum absolute atomic E-state index is 0.221. The van der Waals surface area contributed by atoms with Crippen LogP contribution in [0.4, 0.5) is 0 Å². The summed E-state index contributed by atoms with van der Waals surface area (Å²) in [6, 6.07) is 9.32. The van der Waals surface area contributed by atoms with Gasteiger partial charge in [0.25, 0.3) is 0 Å². The van der Waals surface area contributed by atoms with Crippen LogP contribution in [0.25, 0.3) is 33.2 Å². The first-order valence-corrected chi connectivity index (χ1v) is 9.45. The van der Waals surface area contributed by atoms with E-state index in [2.05, 4.69) is 0 Å². The number of fused-ring (bicyclic) bond motifs is 3. The molecule has 0 spiro atoms. The normalized spacial score (nSPS) is 16.9. The van der Waals surface area contributed by atoms with Gasteiger partial charge in [-0.15, -0.1) is 0 Å². The summed E-state index contributed by atoms with van der Waals surface area (Å²) in [7, 11) is 1.56. The highest BCUT2D eigenvalue weighted by atomic mass is 16.3. The zero-order chi connectivity index (χ0) is 26.2. The van der Waals surface area contributed by atoms with E-state index in [4.69, 9.17) is 14.0 Å². The lowest BCUT2D eigenvalue weighted by atomic mass is 9.86. The lowest BCUT2D eigenvalue weighted by Crippen LogP contribution is -2.32. The van der Waals surface area contributed by atoms with Crippen molar-refractivity contribution in [2.75, 3.05) is 0 Å². The van der Waals surface area contributed by atoms with Crippen LogP contribution in [0.1, 0.15) is 52.6 Å². The lowest BCUT2D eigenvalue weighted by molar-refractivity contribution is -0.660. The van der Waals surface area contributed by atoms with Crippen molar-refractivity contribution < 1.29 is 18.6 Å². The predicted octanol–water partition coefficient (Wildman–Crippen LogP) is 6.59. The van der Waals surface area contributed by atoms with Crippen molar-refractivity contribution in [3.05, 3.63) is 64.8 Å². The van der Waals surface area contributed by atoms with Crippen LogP contribution in [0.2, 0.25) is 0 Å². The van der Waals surface area contributed by atoms with E-state index in [0.29, 0.717) is 16.8 Å². The van der Waals surface area contributed by atoms with Gasteiger partial charge in [0.1, 0.15) is 19.6 Å². The van der Waals surface area contributed by atoms with Crippen molar-refractivity contribution in [1.29, 1.82) is 0 Å². The quantitative estimate of drug-likeness (QED) is 0.359. The molecule has 28 heavy (non-hydrogen) atoms. The van der Waals surface area contributed by atoms with Gasteiger partial charge < -0.3 is 4.42 Å². The van der Waals surface area contributed by atoms with Gasteiger partial charge in [0.2, 0.25) is 5.69 Å². The second-order valence-corrected chi connectivity index (χ2v) is 8.48. The Morgan fingerprint density at radius 2 is 1.89 bits per heavy atom. The van der Waals surface area contributed by atoms with Crippen molar-refractivity contribution in [3.63, 3.8) is 0 Å². The third-order valence-corrected chi connectivity index (χ3v) is 4.91. The van der Waals surface area contributed by atoms with Crippen LogP contribution in [0.3, 0.4) is 0 Å². The predicted molar refractivity (Wildman–Crippen MR) is 118 cm³/mol. The van der Waals surface area contributed by atoms with Gasteiger partial charge in [0, 0.05) is 34.8 Å². The number of furan rings is 1. The smallest absolute Gasteiger partial charge is 0.212 e. The number of hydrogen-bond acceptors (Lipinski definition) is 1. The molecule has 2 heteroatoms. The summed E-state index contributed by atoms with van der Waals surface area (Å²) in [6.45, 7) is 6.16. The fraction of sp³-hybridized carbons (Fsp3) is 0.346. The molecular formula is C26H30NO+. The average molecular weight is 380 g/mol. The molecule has 2 aromatic carbocycles. The maximum atomic E-state index is 9.13. The highest BCUT2D eigenvalue weighted by Crippen LogP contribution is 2.36. The largest absolute Gasteiger partial charge is 0.456 e. The molecule has 0 radical (unpaired) electrons. The number of pyridine rings is 1. The Morgan fingerprint density at radius 3 is 2.61 bits per heavy atom. The standard InChI is InChI=1S/C26H30NO/c1-16-8-10-23-21(12-16)25-18(3)20(9-11-24(25)28-23)22-13-19(14-26(4,5)6)17(2)15-27(22)7/h8-13,15H,14H2,1-7H3/q+1/i2D3,13D,14D2,15D. The molecule has 0 N–H and O–H groups in total. The van der Waals surface area contributed by atoms with E-state index in [1.165, 1.54) is 4.57 Å². The molecule has 0 amide bonds. The Balaban J connectivity index is 2.17. The molecule has 4 aromatic rings. The van der Waals surface area contributed by atoms with Crippen molar-refractivity contribution >= 4 is 21.9 Å². The minimum Gasteiger partial charge on any atom is -0.456 e. The van der Waals surface area contributed by atoms with E-state index < -0.39 is 24.2 Å². The van der Waals surface area contributed by atoms with Gasteiger partial charge in [-0.05, 0) is 67.9 Å². The van der Waals surface area contributed by atoms with Crippen LogP contribution in [0.5, 0.6) is 0 Å². The molecule has 0 atom stereocenters. The van der Waals surface area contributed by atoms with Gasteiger partial charge in [-0.25, -0.2) is 4.57 Å². The molecule has 2 heterocycles. The number of aryl methyl sites for hydroxylation is 2. The van der Waals surface area contributed by atoms with Crippen LogP contribution in [0.15, 0.2) is 47.0 Å². The zero-order valence-electron chi connectivity index (χ0n) is 24.2. The van der Waals surface area contributed by atoms with Crippen LogP contribution in [-0.2, 0) is 13.4 Å². The highest BCUT2D eigenvalue weighted by Gasteiger charge is 2.21. The molecule has 4 rings (SSSR count). The Hall–Kier alpha value is -2.61. The van der Waals surface area contributed by atoms with Crippen LogP contribution >= 0.6 is 0 Å². The number of nitrogens with zero attached hydrogens (tertiary/aromatic N) is 1. The molecule has 0 fully saturated rings. The van der Waals surface area contributed by atoms with E-state index >= 15 is 0 Å². The number of rotatable bonds is 2. The van der Waals surface area contributed by atoms with Crippen LogP contribution in [0, 0.1) is 26.1 Å². The molecule has 0 unspecified atom stereocenters. The monoisotopic (exact) mass is 379 g/mol. The second kappa shape index (κ2) is 6.48. The van der Waals surface area contributed by atoms with E-state index in [9.17, 15) is 0 Å². The van der Waals surface area contributed by atoms with E-state index in [0.717, 1.165) is 27.5 Å². The van der Waals surface area contributed by atoms with Gasteiger partial charge in [0.05, 0.1) is 1.37 Å². The maximum Gasteiger partial charge on any atom is 0.212 e. The Morgan fingerprint density at radius 1 is 1.14 bits per heavy atom. The van der Waals surface area contributed by atoms with E-state index in [1.807, 2.05) is 38.1 Å². The molecular weight excluding hydrogens is 342 g/mol. The van der Waals surface area contributed by atoms with Gasteiger partial charge >= 0.3 is 0 Å². The first-order valence-electron chi connectivity index (χ1n) is 13.0. The minimum atomic E-state index is -2.76. The van der Waals surface area contributed by atoms with Crippen molar-refractivity contribution in [3.8, 4) is 11.3 Å². The second-order valence-electron chi connectivity index (χ2n) is 8.48. The third-order valence-electron chi connectivity index (χ3n) is 4.91. The van der Waals surface area contributed by atoms with Gasteiger partial charge in [-0.2, -0.15) is 0 Å². The molecule has 144 valence electrons. The summed E-state index contributed by atoms with van der Waals surface area (Å²) in [4.78, 5) is 0. The van der Waals surface area contributed by atoms with E-state index in [-0.39, 0.29) is 17.8 Å². The highest BCUT2D eigenvalue weighted by molar-refractivity contribution is 6.08. The van der Waals surface area contributed by atoms with Gasteiger partial charge in [-0.3, -0.25) is 0 Å².